The molecule has 0 aromatic rings. The van der Waals surface area contributed by atoms with Crippen LogP contribution in [0, 0.1) is 0 Å². The summed E-state index contributed by atoms with van der Waals surface area (Å²) in [5.41, 5.74) is 8.03. The van der Waals surface area contributed by atoms with Crippen molar-refractivity contribution < 1.29 is 9.90 Å². The zero-order valence-corrected chi connectivity index (χ0v) is 3.38. The predicted octanol–water partition coefficient (Wildman–Crippen LogP) is -0.472. The molecule has 34 valence electrons. The lowest BCUT2D eigenvalue weighted by Gasteiger charge is -1.86. The van der Waals surface area contributed by atoms with E-state index >= 15 is 0 Å². The summed E-state index contributed by atoms with van der Waals surface area (Å²) in [6.07, 6.45) is 0. The number of carboxylic acid groups (broad SMARTS) is 1. The van der Waals surface area contributed by atoms with Crippen LogP contribution in [-0.4, -0.2) is 17.1 Å². The Kier molecular flexibility index (Phi) is 1.60. The van der Waals surface area contributed by atoms with Crippen LogP contribution in [0.4, 0.5) is 0 Å². The highest BCUT2D eigenvalue weighted by Gasteiger charge is 2.02. The van der Waals surface area contributed by atoms with Gasteiger partial charge in [0, 0.05) is 0 Å². The Labute approximate surface area is 35.8 Å². The molecule has 0 heterocycles. The van der Waals surface area contributed by atoms with Crippen molar-refractivity contribution in [3.05, 3.63) is 0 Å². The fourth-order valence-electron chi connectivity index (χ4n) is 0. The van der Waals surface area contributed by atoms with Gasteiger partial charge in [-0.25, -0.2) is 0 Å². The third kappa shape index (κ3) is 1.72. The first-order valence-corrected chi connectivity index (χ1v) is 1.55. The summed E-state index contributed by atoms with van der Waals surface area (Å²) in [5.74, 6) is -1.19. The molecule has 0 aliphatic carbocycles. The van der Waals surface area contributed by atoms with E-state index in [-0.39, 0.29) is 0 Å². The van der Waals surface area contributed by atoms with Crippen LogP contribution in [0.3, 0.4) is 0 Å². The van der Waals surface area contributed by atoms with Gasteiger partial charge in [0.25, 0.3) is 0 Å². The minimum Gasteiger partial charge on any atom is -0.480 e. The number of carboxylic acids is 1. The first-order chi connectivity index (χ1) is 2.64. The lowest BCUT2D eigenvalue weighted by Crippen LogP contribution is -2.15. The zero-order chi connectivity index (χ0) is 5.15. The average molecular weight is 87.1 g/mol. The number of carbonyl (C=O) groups is 1. The van der Waals surface area contributed by atoms with Gasteiger partial charge in [0.15, 0.2) is 0 Å². The Morgan fingerprint density at radius 2 is 2.17 bits per heavy atom. The molecule has 0 aliphatic heterocycles. The molecule has 3 heteroatoms. The van der Waals surface area contributed by atoms with Crippen LogP contribution in [0.5, 0.6) is 0 Å². The fraction of sp³-hybridized carbons (Fsp3) is 0.667. The molecule has 6 heavy (non-hydrogen) atoms. The molecule has 0 bridgehead atoms. The number of hydrogen-bond donors (Lipinski definition) is 1. The van der Waals surface area contributed by atoms with Crippen molar-refractivity contribution in [2.75, 3.05) is 0 Å². The number of hydrogen-bond acceptors (Lipinski definition) is 1. The fourth-order valence-corrected chi connectivity index (χ4v) is 0. The summed E-state index contributed by atoms with van der Waals surface area (Å²) in [6, 6.07) is -1.23. The van der Waals surface area contributed by atoms with Gasteiger partial charge in [-0.1, -0.05) is 0 Å². The predicted molar refractivity (Wildman–Crippen MR) is 19.2 cm³/mol. The topological polar surface area (TPSA) is 59.6 Å². The van der Waals surface area contributed by atoms with Crippen LogP contribution in [0.1, 0.15) is 6.92 Å². The molecule has 0 aliphatic rings. The van der Waals surface area contributed by atoms with Crippen LogP contribution < -0.4 is 5.73 Å². The van der Waals surface area contributed by atoms with Gasteiger partial charge in [-0.2, -0.15) is 0 Å². The molecule has 0 fully saturated rings. The van der Waals surface area contributed by atoms with Crippen LogP contribution in [0.25, 0.3) is 0 Å². The summed E-state index contributed by atoms with van der Waals surface area (Å²) >= 11 is 0. The van der Waals surface area contributed by atoms with Gasteiger partial charge in [-0.15, -0.1) is 5.73 Å². The molecule has 0 aromatic heterocycles. The first kappa shape index (κ1) is 5.43. The van der Waals surface area contributed by atoms with Gasteiger partial charge in [-0.05, 0) is 6.92 Å². The van der Waals surface area contributed by atoms with Crippen LogP contribution in [0.15, 0.2) is 0 Å². The third-order valence-electron chi connectivity index (χ3n) is 0.357. The highest BCUT2D eigenvalue weighted by atomic mass is 16.4. The highest BCUT2D eigenvalue weighted by Crippen LogP contribution is 1.71. The van der Waals surface area contributed by atoms with E-state index in [0.29, 0.717) is 0 Å². The standard InChI is InChI=1S/C3H5NO2/c1-2(4)3(5)6/h2H,1H3,(H,5,6). The molecule has 1 atom stereocenters. The van der Waals surface area contributed by atoms with Crippen molar-refractivity contribution in [3.63, 3.8) is 0 Å². The Morgan fingerprint density at radius 1 is 2.00 bits per heavy atom. The quantitative estimate of drug-likeness (QED) is 0.470. The summed E-state index contributed by atoms with van der Waals surface area (Å²) in [6.45, 7) is 1.20. The van der Waals surface area contributed by atoms with Crippen LogP contribution in [-0.2, 0) is 4.79 Å². The molecule has 0 aromatic carbocycles. The average Bonchev–Trinajstić information content (AvgIpc) is 1.36. The van der Waals surface area contributed by atoms with Gasteiger partial charge in [0.2, 0.25) is 0 Å². The number of aliphatic carboxylic acids is 1. The zero-order valence-electron chi connectivity index (χ0n) is 3.38. The van der Waals surface area contributed by atoms with Crippen molar-refractivity contribution in [1.82, 2.24) is 5.73 Å². The normalized spacial score (nSPS) is 13.7. The summed E-state index contributed by atoms with van der Waals surface area (Å²) in [4.78, 5) is 9.45. The summed E-state index contributed by atoms with van der Waals surface area (Å²) < 4.78 is 0. The first-order valence-electron chi connectivity index (χ1n) is 1.55. The van der Waals surface area contributed by atoms with Crippen molar-refractivity contribution in [2.24, 2.45) is 0 Å². The molecule has 0 spiro atoms. The molecule has 2 radical (unpaired) electrons. The van der Waals surface area contributed by atoms with Crippen LogP contribution >= 0.6 is 0 Å². The summed E-state index contributed by atoms with van der Waals surface area (Å²) in [7, 11) is 0. The van der Waals surface area contributed by atoms with Gasteiger partial charge in [0.1, 0.15) is 6.04 Å². The molecule has 3 nitrogen and oxygen atoms in total. The van der Waals surface area contributed by atoms with E-state index in [0.717, 1.165) is 0 Å². The number of rotatable bonds is 1. The lowest BCUT2D eigenvalue weighted by molar-refractivity contribution is -0.138. The second kappa shape index (κ2) is 1.77. The maximum atomic E-state index is 9.45. The lowest BCUT2D eigenvalue weighted by atomic mass is 10.4. The van der Waals surface area contributed by atoms with E-state index in [9.17, 15) is 4.79 Å². The van der Waals surface area contributed by atoms with Crippen molar-refractivity contribution in [3.8, 4) is 0 Å². The molecular formula is C3H5NO2. The SMILES string of the molecule is CC([N])C(=O)O. The van der Waals surface area contributed by atoms with Crippen LogP contribution in [0.2, 0.25) is 0 Å². The highest BCUT2D eigenvalue weighted by molar-refractivity contribution is 5.72. The maximum absolute atomic E-state index is 9.45. The summed E-state index contributed by atoms with van der Waals surface area (Å²) in [5, 5.41) is 7.74. The van der Waals surface area contributed by atoms with E-state index in [4.69, 9.17) is 10.8 Å². The van der Waals surface area contributed by atoms with E-state index in [2.05, 4.69) is 0 Å². The molecule has 1 unspecified atom stereocenters. The van der Waals surface area contributed by atoms with Gasteiger partial charge in [0.05, 0.1) is 0 Å². The minimum absolute atomic E-state index is 1.19. The Balaban J connectivity index is 3.26. The van der Waals surface area contributed by atoms with Gasteiger partial charge in [-0.3, -0.25) is 4.79 Å². The molecule has 0 amide bonds. The monoisotopic (exact) mass is 87.0 g/mol. The third-order valence-corrected chi connectivity index (χ3v) is 0.357. The van der Waals surface area contributed by atoms with Crippen molar-refractivity contribution >= 4 is 5.97 Å². The van der Waals surface area contributed by atoms with E-state index < -0.39 is 12.0 Å². The minimum atomic E-state index is -1.23. The largest absolute Gasteiger partial charge is 0.480 e. The Morgan fingerprint density at radius 3 is 2.17 bits per heavy atom. The Hall–Kier alpha value is -0.570. The molecule has 1 N–H and O–H groups in total. The molecule has 0 saturated carbocycles. The van der Waals surface area contributed by atoms with E-state index in [1.165, 1.54) is 6.92 Å². The smallest absolute Gasteiger partial charge is 0.323 e. The van der Waals surface area contributed by atoms with E-state index in [1.807, 2.05) is 0 Å². The molecule has 0 saturated heterocycles. The van der Waals surface area contributed by atoms with Gasteiger partial charge >= 0.3 is 5.97 Å². The van der Waals surface area contributed by atoms with Crippen molar-refractivity contribution in [1.29, 1.82) is 0 Å². The van der Waals surface area contributed by atoms with Crippen molar-refractivity contribution in [2.45, 2.75) is 13.0 Å². The van der Waals surface area contributed by atoms with Gasteiger partial charge < -0.3 is 5.11 Å². The Bertz CT molecular complexity index is 59.8. The molecule has 0 rings (SSSR count). The van der Waals surface area contributed by atoms with E-state index in [1.54, 1.807) is 0 Å². The number of nitrogens with zero attached hydrogens (tertiary/aromatic N) is 1. The maximum Gasteiger partial charge on any atom is 0.323 e. The second-order valence-corrected chi connectivity index (χ2v) is 1.01. The molecular weight excluding hydrogens is 82.0 g/mol. The second-order valence-electron chi connectivity index (χ2n) is 1.01.